The zero-order valence-electron chi connectivity index (χ0n) is 9.85. The third kappa shape index (κ3) is 2.59. The van der Waals surface area contributed by atoms with Crippen molar-refractivity contribution in [2.75, 3.05) is 13.2 Å². The van der Waals surface area contributed by atoms with Crippen molar-refractivity contribution in [2.45, 2.75) is 45.2 Å². The molecule has 16 heavy (non-hydrogen) atoms. The topological polar surface area (TPSA) is 66.0 Å². The van der Waals surface area contributed by atoms with Gasteiger partial charge < -0.3 is 15.0 Å². The molecular formula is C11H20N4O. The van der Waals surface area contributed by atoms with E-state index >= 15 is 0 Å². The number of hydrogen-bond donors (Lipinski definition) is 1. The summed E-state index contributed by atoms with van der Waals surface area (Å²) in [6.45, 7) is 4.51. The van der Waals surface area contributed by atoms with Crippen molar-refractivity contribution in [1.29, 1.82) is 0 Å². The zero-order chi connectivity index (χ0) is 11.4. The lowest BCUT2D eigenvalue weighted by atomic mass is 10.1. The van der Waals surface area contributed by atoms with Crippen molar-refractivity contribution in [3.05, 3.63) is 11.6 Å². The Morgan fingerprint density at radius 2 is 2.31 bits per heavy atom. The maximum absolute atomic E-state index is 5.95. The quantitative estimate of drug-likeness (QED) is 0.740. The largest absolute Gasteiger partial charge is 0.381 e. The normalized spacial score (nSPS) is 19.8. The van der Waals surface area contributed by atoms with E-state index in [0.29, 0.717) is 0 Å². The predicted molar refractivity (Wildman–Crippen MR) is 61.1 cm³/mol. The second-order valence-corrected chi connectivity index (χ2v) is 4.30. The van der Waals surface area contributed by atoms with Crippen LogP contribution >= 0.6 is 0 Å². The van der Waals surface area contributed by atoms with Crippen molar-refractivity contribution in [1.82, 2.24) is 14.8 Å². The number of fused-ring (bicyclic) bond motifs is 1. The SMILES string of the molecule is CCCOCCc1nnc2n1CC(N)CC2. The molecule has 1 aromatic heterocycles. The summed E-state index contributed by atoms with van der Waals surface area (Å²) in [5.41, 5.74) is 5.95. The molecule has 0 fully saturated rings. The summed E-state index contributed by atoms with van der Waals surface area (Å²) in [5.74, 6) is 2.09. The van der Waals surface area contributed by atoms with Crippen LogP contribution in [0.4, 0.5) is 0 Å². The molecule has 5 nitrogen and oxygen atoms in total. The fourth-order valence-electron chi connectivity index (χ4n) is 2.00. The van der Waals surface area contributed by atoms with Crippen LogP contribution in [0.15, 0.2) is 0 Å². The fraction of sp³-hybridized carbons (Fsp3) is 0.818. The minimum Gasteiger partial charge on any atom is -0.381 e. The van der Waals surface area contributed by atoms with E-state index in [1.807, 2.05) is 0 Å². The van der Waals surface area contributed by atoms with E-state index in [2.05, 4.69) is 21.7 Å². The van der Waals surface area contributed by atoms with E-state index in [1.165, 1.54) is 0 Å². The molecule has 2 N–H and O–H groups in total. The van der Waals surface area contributed by atoms with Gasteiger partial charge in [-0.3, -0.25) is 0 Å². The van der Waals surface area contributed by atoms with Crippen LogP contribution in [-0.2, 0) is 24.1 Å². The number of nitrogens with zero attached hydrogens (tertiary/aromatic N) is 3. The van der Waals surface area contributed by atoms with Gasteiger partial charge >= 0.3 is 0 Å². The second kappa shape index (κ2) is 5.41. The summed E-state index contributed by atoms with van der Waals surface area (Å²) >= 11 is 0. The van der Waals surface area contributed by atoms with E-state index in [4.69, 9.17) is 10.5 Å². The summed E-state index contributed by atoms with van der Waals surface area (Å²) in [4.78, 5) is 0. The maximum Gasteiger partial charge on any atom is 0.135 e. The molecule has 0 bridgehead atoms. The number of hydrogen-bond acceptors (Lipinski definition) is 4. The number of nitrogens with two attached hydrogens (primary N) is 1. The molecule has 0 radical (unpaired) electrons. The Balaban J connectivity index is 1.92. The zero-order valence-corrected chi connectivity index (χ0v) is 9.85. The highest BCUT2D eigenvalue weighted by atomic mass is 16.5. The van der Waals surface area contributed by atoms with Crippen LogP contribution in [0.3, 0.4) is 0 Å². The van der Waals surface area contributed by atoms with E-state index < -0.39 is 0 Å². The summed E-state index contributed by atoms with van der Waals surface area (Å²) in [5, 5.41) is 8.40. The smallest absolute Gasteiger partial charge is 0.135 e. The molecule has 0 aromatic carbocycles. The third-order valence-electron chi connectivity index (χ3n) is 2.88. The molecule has 0 saturated carbocycles. The molecule has 5 heteroatoms. The molecule has 2 rings (SSSR count). The van der Waals surface area contributed by atoms with Crippen LogP contribution in [-0.4, -0.2) is 34.0 Å². The molecule has 1 unspecified atom stereocenters. The number of ether oxygens (including phenoxy) is 1. The molecule has 90 valence electrons. The first-order valence-corrected chi connectivity index (χ1v) is 6.05. The average Bonchev–Trinajstić information content (AvgIpc) is 2.67. The Bertz CT molecular complexity index is 337. The molecule has 0 aliphatic carbocycles. The molecule has 1 aliphatic rings. The van der Waals surface area contributed by atoms with Gasteiger partial charge in [-0.05, 0) is 12.8 Å². The first-order chi connectivity index (χ1) is 7.81. The van der Waals surface area contributed by atoms with Gasteiger partial charge in [0.1, 0.15) is 11.6 Å². The summed E-state index contributed by atoms with van der Waals surface area (Å²) < 4.78 is 7.62. The standard InChI is InChI=1S/C11H20N4O/c1-2-6-16-7-5-11-14-13-10-4-3-9(12)8-15(10)11/h9H,2-8,12H2,1H3. The monoisotopic (exact) mass is 224 g/mol. The predicted octanol–water partition coefficient (Wildman–Crippen LogP) is 0.521. The molecule has 1 atom stereocenters. The van der Waals surface area contributed by atoms with Crippen molar-refractivity contribution in [2.24, 2.45) is 5.73 Å². The number of aryl methyl sites for hydroxylation is 1. The van der Waals surface area contributed by atoms with E-state index in [0.717, 1.165) is 57.1 Å². The van der Waals surface area contributed by atoms with Crippen LogP contribution in [0, 0.1) is 0 Å². The number of rotatable bonds is 5. The highest BCUT2D eigenvalue weighted by Crippen LogP contribution is 2.14. The van der Waals surface area contributed by atoms with Gasteiger partial charge in [0.2, 0.25) is 0 Å². The Hall–Kier alpha value is -0.940. The molecule has 1 aliphatic heterocycles. The van der Waals surface area contributed by atoms with Crippen LogP contribution < -0.4 is 5.73 Å². The van der Waals surface area contributed by atoms with E-state index in [9.17, 15) is 0 Å². The van der Waals surface area contributed by atoms with E-state index in [1.54, 1.807) is 0 Å². The molecule has 0 saturated heterocycles. The van der Waals surface area contributed by atoms with Crippen molar-refractivity contribution in [3.63, 3.8) is 0 Å². The Morgan fingerprint density at radius 1 is 1.44 bits per heavy atom. The van der Waals surface area contributed by atoms with Gasteiger partial charge in [0.15, 0.2) is 0 Å². The highest BCUT2D eigenvalue weighted by Gasteiger charge is 2.19. The lowest BCUT2D eigenvalue weighted by Gasteiger charge is -2.20. The first kappa shape index (κ1) is 11.5. The molecular weight excluding hydrogens is 204 g/mol. The lowest BCUT2D eigenvalue weighted by Crippen LogP contribution is -2.32. The van der Waals surface area contributed by atoms with Crippen molar-refractivity contribution >= 4 is 0 Å². The van der Waals surface area contributed by atoms with Gasteiger partial charge in [-0.1, -0.05) is 6.92 Å². The van der Waals surface area contributed by atoms with Crippen LogP contribution in [0.5, 0.6) is 0 Å². The van der Waals surface area contributed by atoms with Crippen LogP contribution in [0.1, 0.15) is 31.4 Å². The average molecular weight is 224 g/mol. The van der Waals surface area contributed by atoms with Crippen LogP contribution in [0.2, 0.25) is 0 Å². The minimum atomic E-state index is 0.249. The second-order valence-electron chi connectivity index (χ2n) is 4.30. The van der Waals surface area contributed by atoms with Crippen molar-refractivity contribution < 1.29 is 4.74 Å². The van der Waals surface area contributed by atoms with Gasteiger partial charge in [-0.25, -0.2) is 0 Å². The third-order valence-corrected chi connectivity index (χ3v) is 2.88. The van der Waals surface area contributed by atoms with Gasteiger partial charge in [-0.15, -0.1) is 10.2 Å². The number of aromatic nitrogens is 3. The van der Waals surface area contributed by atoms with E-state index in [-0.39, 0.29) is 6.04 Å². The van der Waals surface area contributed by atoms with Crippen molar-refractivity contribution in [3.8, 4) is 0 Å². The van der Waals surface area contributed by atoms with Crippen LogP contribution in [0.25, 0.3) is 0 Å². The van der Waals surface area contributed by atoms with Gasteiger partial charge in [0.05, 0.1) is 6.61 Å². The van der Waals surface area contributed by atoms with Gasteiger partial charge in [0, 0.05) is 32.0 Å². The van der Waals surface area contributed by atoms with Gasteiger partial charge in [-0.2, -0.15) is 0 Å². The summed E-state index contributed by atoms with van der Waals surface area (Å²) in [6, 6.07) is 0.249. The Morgan fingerprint density at radius 3 is 3.12 bits per heavy atom. The lowest BCUT2D eigenvalue weighted by molar-refractivity contribution is 0.135. The fourth-order valence-corrected chi connectivity index (χ4v) is 2.00. The summed E-state index contributed by atoms with van der Waals surface area (Å²) in [6.07, 6.45) is 3.86. The Kier molecular flexibility index (Phi) is 3.90. The molecule has 2 heterocycles. The molecule has 1 aromatic rings. The highest BCUT2D eigenvalue weighted by molar-refractivity contribution is 5.01. The minimum absolute atomic E-state index is 0.249. The van der Waals surface area contributed by atoms with Gasteiger partial charge in [0.25, 0.3) is 0 Å². The molecule has 0 spiro atoms. The first-order valence-electron chi connectivity index (χ1n) is 6.05. The molecule has 0 amide bonds. The maximum atomic E-state index is 5.95. The summed E-state index contributed by atoms with van der Waals surface area (Å²) in [7, 11) is 0. The Labute approximate surface area is 96.0 Å².